The summed E-state index contributed by atoms with van der Waals surface area (Å²) in [5.41, 5.74) is 5.47. The van der Waals surface area contributed by atoms with Gasteiger partial charge in [-0.15, -0.1) is 0 Å². The topological polar surface area (TPSA) is 72.5 Å². The van der Waals surface area contributed by atoms with E-state index >= 15 is 0 Å². The fourth-order valence-corrected chi connectivity index (χ4v) is 1.23. The molecule has 0 aliphatic heterocycles. The summed E-state index contributed by atoms with van der Waals surface area (Å²) < 4.78 is 17.2. The van der Waals surface area contributed by atoms with E-state index in [-0.39, 0.29) is 5.56 Å². The highest BCUT2D eigenvalue weighted by molar-refractivity contribution is 6.32. The van der Waals surface area contributed by atoms with E-state index in [9.17, 15) is 14.3 Å². The van der Waals surface area contributed by atoms with Crippen molar-refractivity contribution in [3.63, 3.8) is 0 Å². The summed E-state index contributed by atoms with van der Waals surface area (Å²) in [5.74, 6) is -2.07. The van der Waals surface area contributed by atoms with Crippen LogP contribution in [0.2, 0.25) is 5.02 Å². The maximum absolute atomic E-state index is 12.9. The van der Waals surface area contributed by atoms with Gasteiger partial charge in [-0.3, -0.25) is 4.79 Å². The van der Waals surface area contributed by atoms with Gasteiger partial charge in [0.05, 0.1) is 7.11 Å². The van der Waals surface area contributed by atoms with Crippen LogP contribution in [0.4, 0.5) is 4.39 Å². The molecule has 0 amide bonds. The minimum Gasteiger partial charge on any atom is -0.506 e. The molecule has 0 heterocycles. The van der Waals surface area contributed by atoms with E-state index < -0.39 is 28.6 Å². The number of hydrogen-bond acceptors (Lipinski definition) is 4. The van der Waals surface area contributed by atoms with Gasteiger partial charge in [0.15, 0.2) is 0 Å². The van der Waals surface area contributed by atoms with Crippen LogP contribution in [0.1, 0.15) is 11.6 Å². The van der Waals surface area contributed by atoms with Gasteiger partial charge in [-0.05, 0) is 6.07 Å². The van der Waals surface area contributed by atoms with Gasteiger partial charge in [0.25, 0.3) is 0 Å². The number of rotatable bonds is 2. The van der Waals surface area contributed by atoms with Crippen LogP contribution in [0, 0.1) is 5.82 Å². The zero-order valence-electron chi connectivity index (χ0n) is 7.83. The molecule has 1 atom stereocenters. The van der Waals surface area contributed by atoms with Gasteiger partial charge in [-0.25, -0.2) is 4.39 Å². The van der Waals surface area contributed by atoms with Crippen LogP contribution in [0.15, 0.2) is 12.1 Å². The largest absolute Gasteiger partial charge is 0.506 e. The van der Waals surface area contributed by atoms with Crippen LogP contribution in [-0.4, -0.2) is 18.2 Å². The van der Waals surface area contributed by atoms with Gasteiger partial charge >= 0.3 is 5.97 Å². The summed E-state index contributed by atoms with van der Waals surface area (Å²) in [5, 5.41) is 8.97. The number of ether oxygens (including phenoxy) is 1. The second kappa shape index (κ2) is 4.46. The standard InChI is InChI=1S/C9H9ClFNO3/c1-15-9(14)7(12)4-2-3-5(11)6(10)8(4)13/h2-3,7,13H,12H2,1H3/t7-/m1/s1. The number of carbonyl (C=O) groups excluding carboxylic acids is 1. The van der Waals surface area contributed by atoms with Crippen LogP contribution in [0.3, 0.4) is 0 Å². The first-order valence-electron chi connectivity index (χ1n) is 3.99. The number of methoxy groups -OCH3 is 1. The van der Waals surface area contributed by atoms with Gasteiger partial charge in [0, 0.05) is 5.56 Å². The molecule has 1 rings (SSSR count). The molecule has 1 aromatic carbocycles. The van der Waals surface area contributed by atoms with Gasteiger partial charge < -0.3 is 15.6 Å². The van der Waals surface area contributed by atoms with Crippen LogP contribution in [0.5, 0.6) is 5.75 Å². The molecule has 0 aliphatic carbocycles. The number of carbonyl (C=O) groups is 1. The van der Waals surface area contributed by atoms with Crippen LogP contribution >= 0.6 is 11.6 Å². The van der Waals surface area contributed by atoms with E-state index in [1.807, 2.05) is 0 Å². The zero-order valence-corrected chi connectivity index (χ0v) is 8.58. The Kier molecular flexibility index (Phi) is 3.49. The Hall–Kier alpha value is -1.33. The fraction of sp³-hybridized carbons (Fsp3) is 0.222. The Labute approximate surface area is 90.4 Å². The minimum absolute atomic E-state index is 0.0215. The lowest BCUT2D eigenvalue weighted by Crippen LogP contribution is -2.22. The molecule has 3 N–H and O–H groups in total. The Balaban J connectivity index is 3.16. The molecule has 4 nitrogen and oxygen atoms in total. The summed E-state index contributed by atoms with van der Waals surface area (Å²) in [6.07, 6.45) is 0. The van der Waals surface area contributed by atoms with E-state index in [0.29, 0.717) is 0 Å². The quantitative estimate of drug-likeness (QED) is 0.757. The third-order valence-corrected chi connectivity index (χ3v) is 2.25. The van der Waals surface area contributed by atoms with Crippen molar-refractivity contribution in [1.82, 2.24) is 0 Å². The van der Waals surface area contributed by atoms with Gasteiger partial charge in [-0.2, -0.15) is 0 Å². The summed E-state index contributed by atoms with van der Waals surface area (Å²) in [6.45, 7) is 0. The van der Waals surface area contributed by atoms with E-state index in [1.165, 1.54) is 6.07 Å². The molecular formula is C9H9ClFNO3. The van der Waals surface area contributed by atoms with Crippen molar-refractivity contribution in [1.29, 1.82) is 0 Å². The highest BCUT2D eigenvalue weighted by atomic mass is 35.5. The third-order valence-electron chi connectivity index (χ3n) is 1.89. The second-order valence-corrected chi connectivity index (χ2v) is 3.18. The highest BCUT2D eigenvalue weighted by Crippen LogP contribution is 2.33. The number of phenolic OH excluding ortho intramolecular Hbond substituents is 1. The van der Waals surface area contributed by atoms with Crippen molar-refractivity contribution < 1.29 is 19.0 Å². The van der Waals surface area contributed by atoms with Crippen LogP contribution < -0.4 is 5.73 Å². The van der Waals surface area contributed by atoms with E-state index in [1.54, 1.807) is 0 Å². The molecule has 6 heteroatoms. The molecule has 0 aromatic heterocycles. The first kappa shape index (κ1) is 11.7. The Morgan fingerprint density at radius 2 is 2.27 bits per heavy atom. The lowest BCUT2D eigenvalue weighted by molar-refractivity contribution is -0.142. The molecule has 0 radical (unpaired) electrons. The summed E-state index contributed by atoms with van der Waals surface area (Å²) in [6, 6.07) is 1.01. The van der Waals surface area contributed by atoms with Gasteiger partial charge in [-0.1, -0.05) is 17.7 Å². The number of aromatic hydroxyl groups is 1. The third kappa shape index (κ3) is 2.19. The zero-order chi connectivity index (χ0) is 11.6. The molecule has 0 bridgehead atoms. The van der Waals surface area contributed by atoms with Crippen LogP contribution in [-0.2, 0) is 9.53 Å². The van der Waals surface area contributed by atoms with Crippen molar-refractivity contribution >= 4 is 17.6 Å². The first-order chi connectivity index (χ1) is 6.99. The summed E-state index contributed by atoms with van der Waals surface area (Å²) in [4.78, 5) is 11.1. The monoisotopic (exact) mass is 233 g/mol. The molecular weight excluding hydrogens is 225 g/mol. The predicted molar refractivity (Wildman–Crippen MR) is 52.0 cm³/mol. The smallest absolute Gasteiger partial charge is 0.327 e. The van der Waals surface area contributed by atoms with Gasteiger partial charge in [0.2, 0.25) is 0 Å². The molecule has 0 aliphatic rings. The van der Waals surface area contributed by atoms with Crippen molar-refractivity contribution in [3.8, 4) is 5.75 Å². The van der Waals surface area contributed by atoms with E-state index in [0.717, 1.165) is 13.2 Å². The Morgan fingerprint density at radius 3 is 2.80 bits per heavy atom. The molecule has 0 spiro atoms. The lowest BCUT2D eigenvalue weighted by atomic mass is 10.1. The SMILES string of the molecule is COC(=O)[C@H](N)c1ccc(F)c(Cl)c1O. The average molecular weight is 234 g/mol. The molecule has 0 saturated heterocycles. The Morgan fingerprint density at radius 1 is 1.67 bits per heavy atom. The normalized spacial score (nSPS) is 12.3. The maximum Gasteiger partial charge on any atom is 0.327 e. The highest BCUT2D eigenvalue weighted by Gasteiger charge is 2.22. The summed E-state index contributed by atoms with van der Waals surface area (Å²) in [7, 11) is 1.16. The molecule has 0 unspecified atom stereocenters. The molecule has 82 valence electrons. The Bertz CT molecular complexity index is 397. The average Bonchev–Trinajstić information content (AvgIpc) is 2.24. The number of nitrogens with two attached hydrogens (primary N) is 1. The molecule has 15 heavy (non-hydrogen) atoms. The number of phenols is 1. The minimum atomic E-state index is -1.19. The van der Waals surface area contributed by atoms with E-state index in [2.05, 4.69) is 4.74 Å². The number of benzene rings is 1. The molecule has 0 fully saturated rings. The number of halogens is 2. The van der Waals surface area contributed by atoms with Crippen molar-refractivity contribution in [2.24, 2.45) is 5.73 Å². The van der Waals surface area contributed by atoms with Crippen molar-refractivity contribution in [2.75, 3.05) is 7.11 Å². The van der Waals surface area contributed by atoms with Gasteiger partial charge in [0.1, 0.15) is 22.6 Å². The fourth-order valence-electron chi connectivity index (χ4n) is 1.06. The molecule has 0 saturated carbocycles. The number of hydrogen-bond donors (Lipinski definition) is 2. The number of esters is 1. The molecule has 1 aromatic rings. The first-order valence-corrected chi connectivity index (χ1v) is 4.37. The van der Waals surface area contributed by atoms with Crippen LogP contribution in [0.25, 0.3) is 0 Å². The maximum atomic E-state index is 12.9. The lowest BCUT2D eigenvalue weighted by Gasteiger charge is -2.12. The predicted octanol–water partition coefficient (Wildman–Crippen LogP) is 1.36. The van der Waals surface area contributed by atoms with Crippen molar-refractivity contribution in [3.05, 3.63) is 28.5 Å². The second-order valence-electron chi connectivity index (χ2n) is 2.80. The van der Waals surface area contributed by atoms with Crippen molar-refractivity contribution in [2.45, 2.75) is 6.04 Å². The van der Waals surface area contributed by atoms with E-state index in [4.69, 9.17) is 17.3 Å². The summed E-state index contributed by atoms with van der Waals surface area (Å²) >= 11 is 5.44.